The van der Waals surface area contributed by atoms with E-state index in [1.54, 1.807) is 0 Å². The molecule has 0 saturated heterocycles. The first-order valence-corrected chi connectivity index (χ1v) is 4.09. The smallest absolute Gasteiger partial charge is 0.341 e. The summed E-state index contributed by atoms with van der Waals surface area (Å²) >= 11 is 5.41. The van der Waals surface area contributed by atoms with E-state index in [4.69, 9.17) is 21.8 Å². The molecule has 82 valence electrons. The van der Waals surface area contributed by atoms with E-state index in [-0.39, 0.29) is 5.02 Å². The van der Waals surface area contributed by atoms with Gasteiger partial charge in [-0.3, -0.25) is 0 Å². The van der Waals surface area contributed by atoms with Crippen molar-refractivity contribution in [3.05, 3.63) is 11.1 Å². The fourth-order valence-electron chi connectivity index (χ4n) is 0.872. The van der Waals surface area contributed by atoms with Crippen LogP contribution < -0.4 is 4.74 Å². The van der Waals surface area contributed by atoms with Gasteiger partial charge in [-0.2, -0.15) is 0 Å². The molecule has 0 atom stereocenters. The Kier molecular flexibility index (Phi) is 3.11. The highest BCUT2D eigenvalue weighted by atomic mass is 35.5. The highest BCUT2D eigenvalue weighted by Crippen LogP contribution is 2.46. The Bertz CT molecular complexity index is 403. The van der Waals surface area contributed by atoms with Gasteiger partial charge in [0.2, 0.25) is 11.5 Å². The Balaban J connectivity index is 3.07. The summed E-state index contributed by atoms with van der Waals surface area (Å²) in [4.78, 5) is 10.2. The van der Waals surface area contributed by atoms with Crippen LogP contribution in [0.5, 0.6) is 23.0 Å². The third-order valence-electron chi connectivity index (χ3n) is 1.50. The average molecular weight is 235 g/mol. The predicted molar refractivity (Wildman–Crippen MR) is 49.6 cm³/mol. The molecule has 0 spiro atoms. The first kappa shape index (κ1) is 11.3. The number of aliphatic carboxylic acids is 1. The molecule has 0 aliphatic carbocycles. The lowest BCUT2D eigenvalue weighted by molar-refractivity contribution is -0.139. The number of phenolic OH excluding ortho intramolecular Hbond substituents is 3. The van der Waals surface area contributed by atoms with E-state index in [1.165, 1.54) is 0 Å². The van der Waals surface area contributed by atoms with Crippen LogP contribution in [0.2, 0.25) is 5.02 Å². The molecular formula is C8H7ClO6. The van der Waals surface area contributed by atoms with Crippen LogP contribution in [-0.4, -0.2) is 33.0 Å². The second-order valence-corrected chi connectivity index (χ2v) is 2.99. The maximum atomic E-state index is 10.2. The lowest BCUT2D eigenvalue weighted by atomic mass is 10.2. The highest BCUT2D eigenvalue weighted by molar-refractivity contribution is 6.32. The lowest BCUT2D eigenvalue weighted by Crippen LogP contribution is -2.09. The molecule has 0 aliphatic rings. The second kappa shape index (κ2) is 4.14. The Hall–Kier alpha value is -1.82. The van der Waals surface area contributed by atoms with Crippen LogP contribution in [0.3, 0.4) is 0 Å². The molecule has 6 nitrogen and oxygen atoms in total. The van der Waals surface area contributed by atoms with Crippen LogP contribution in [0.4, 0.5) is 0 Å². The van der Waals surface area contributed by atoms with Gasteiger partial charge < -0.3 is 25.2 Å². The Morgan fingerprint density at radius 1 is 1.33 bits per heavy atom. The zero-order valence-corrected chi connectivity index (χ0v) is 8.02. The number of halogens is 1. The number of benzene rings is 1. The zero-order valence-electron chi connectivity index (χ0n) is 7.27. The van der Waals surface area contributed by atoms with E-state index in [0.29, 0.717) is 0 Å². The molecule has 0 saturated carbocycles. The van der Waals surface area contributed by atoms with E-state index in [2.05, 4.69) is 4.74 Å². The molecule has 7 heteroatoms. The van der Waals surface area contributed by atoms with Crippen LogP contribution in [0.15, 0.2) is 6.07 Å². The van der Waals surface area contributed by atoms with Gasteiger partial charge in [0.1, 0.15) is 0 Å². The van der Waals surface area contributed by atoms with Crippen LogP contribution in [0.25, 0.3) is 0 Å². The maximum Gasteiger partial charge on any atom is 0.341 e. The zero-order chi connectivity index (χ0) is 11.6. The number of carboxylic acid groups (broad SMARTS) is 1. The minimum Gasteiger partial charge on any atom is -0.504 e. The fourth-order valence-corrected chi connectivity index (χ4v) is 1.06. The summed E-state index contributed by atoms with van der Waals surface area (Å²) in [5, 5.41) is 35.7. The molecule has 4 N–H and O–H groups in total. The normalized spacial score (nSPS) is 9.93. The maximum absolute atomic E-state index is 10.2. The summed E-state index contributed by atoms with van der Waals surface area (Å²) in [7, 11) is 0. The number of carbonyl (C=O) groups is 1. The van der Waals surface area contributed by atoms with Crippen LogP contribution in [-0.2, 0) is 4.79 Å². The van der Waals surface area contributed by atoms with E-state index in [1.807, 2.05) is 0 Å². The Morgan fingerprint density at radius 3 is 2.47 bits per heavy atom. The van der Waals surface area contributed by atoms with Crippen molar-refractivity contribution in [3.8, 4) is 23.0 Å². The molecule has 1 aromatic carbocycles. The summed E-state index contributed by atoms with van der Waals surface area (Å²) in [5.74, 6) is -3.87. The summed E-state index contributed by atoms with van der Waals surface area (Å²) in [6, 6.07) is 0.924. The van der Waals surface area contributed by atoms with E-state index in [0.717, 1.165) is 6.07 Å². The standard InChI is InChI=1S/C8H7ClO6/c9-3-1-4(10)8(7(14)6(3)13)15-2-5(11)12/h1,10,13-14H,2H2,(H,11,12). The molecule has 0 aromatic heterocycles. The molecule has 1 aromatic rings. The minimum atomic E-state index is -1.29. The van der Waals surface area contributed by atoms with Crippen LogP contribution >= 0.6 is 11.6 Å². The van der Waals surface area contributed by atoms with Crippen molar-refractivity contribution < 1.29 is 30.0 Å². The Morgan fingerprint density at radius 2 is 1.93 bits per heavy atom. The monoisotopic (exact) mass is 234 g/mol. The molecule has 0 fully saturated rings. The molecule has 0 heterocycles. The quantitative estimate of drug-likeness (QED) is 0.458. The average Bonchev–Trinajstić information content (AvgIpc) is 2.14. The summed E-state index contributed by atoms with van der Waals surface area (Å²) in [5.41, 5.74) is 0. The number of aromatic hydroxyl groups is 3. The molecule has 0 aliphatic heterocycles. The van der Waals surface area contributed by atoms with Gasteiger partial charge in [-0.05, 0) is 0 Å². The van der Waals surface area contributed by atoms with Crippen molar-refractivity contribution in [1.82, 2.24) is 0 Å². The fraction of sp³-hybridized carbons (Fsp3) is 0.125. The molecule has 15 heavy (non-hydrogen) atoms. The third kappa shape index (κ3) is 2.35. The topological polar surface area (TPSA) is 107 Å². The van der Waals surface area contributed by atoms with Gasteiger partial charge in [0.15, 0.2) is 18.1 Å². The summed E-state index contributed by atoms with van der Waals surface area (Å²) in [6.07, 6.45) is 0. The van der Waals surface area contributed by atoms with Gasteiger partial charge in [-0.25, -0.2) is 4.79 Å². The number of hydrogen-bond acceptors (Lipinski definition) is 5. The minimum absolute atomic E-state index is 0.271. The first-order valence-electron chi connectivity index (χ1n) is 3.71. The van der Waals surface area contributed by atoms with Crippen molar-refractivity contribution in [2.24, 2.45) is 0 Å². The second-order valence-electron chi connectivity index (χ2n) is 2.59. The van der Waals surface area contributed by atoms with Gasteiger partial charge in [-0.1, -0.05) is 11.6 Å². The number of rotatable bonds is 3. The molecule has 0 radical (unpaired) electrons. The van der Waals surface area contributed by atoms with Gasteiger partial charge in [-0.15, -0.1) is 0 Å². The van der Waals surface area contributed by atoms with Crippen molar-refractivity contribution >= 4 is 17.6 Å². The SMILES string of the molecule is O=C(O)COc1c(O)cc(Cl)c(O)c1O. The van der Waals surface area contributed by atoms with Crippen molar-refractivity contribution in [1.29, 1.82) is 0 Å². The van der Waals surface area contributed by atoms with Crippen molar-refractivity contribution in [2.75, 3.05) is 6.61 Å². The number of ether oxygens (including phenoxy) is 1. The third-order valence-corrected chi connectivity index (χ3v) is 1.79. The molecule has 0 bridgehead atoms. The van der Waals surface area contributed by atoms with Crippen LogP contribution in [0.1, 0.15) is 0 Å². The van der Waals surface area contributed by atoms with Crippen molar-refractivity contribution in [3.63, 3.8) is 0 Å². The van der Waals surface area contributed by atoms with Crippen molar-refractivity contribution in [2.45, 2.75) is 0 Å². The van der Waals surface area contributed by atoms with Crippen LogP contribution in [0, 0.1) is 0 Å². The van der Waals surface area contributed by atoms with E-state index >= 15 is 0 Å². The largest absolute Gasteiger partial charge is 0.504 e. The molecule has 0 unspecified atom stereocenters. The number of hydrogen-bond donors (Lipinski definition) is 4. The lowest BCUT2D eigenvalue weighted by Gasteiger charge is -2.09. The van der Waals surface area contributed by atoms with Gasteiger partial charge in [0, 0.05) is 6.07 Å². The Labute approximate surface area is 88.9 Å². The first-order chi connectivity index (χ1) is 6.93. The molecule has 1 rings (SSSR count). The van der Waals surface area contributed by atoms with E-state index < -0.39 is 35.6 Å². The predicted octanol–water partition coefficient (Wildman–Crippen LogP) is 0.920. The summed E-state index contributed by atoms with van der Waals surface area (Å²) < 4.78 is 4.55. The molecular weight excluding hydrogens is 228 g/mol. The summed E-state index contributed by atoms with van der Waals surface area (Å²) in [6.45, 7) is -0.762. The van der Waals surface area contributed by atoms with Gasteiger partial charge in [0.05, 0.1) is 5.02 Å². The number of carboxylic acids is 1. The van der Waals surface area contributed by atoms with Gasteiger partial charge in [0.25, 0.3) is 0 Å². The van der Waals surface area contributed by atoms with Gasteiger partial charge >= 0.3 is 5.97 Å². The number of phenols is 3. The van der Waals surface area contributed by atoms with E-state index in [9.17, 15) is 15.0 Å². The highest BCUT2D eigenvalue weighted by Gasteiger charge is 2.18. The molecule has 0 amide bonds.